The maximum Gasteiger partial charge on any atom is 0.00157 e. The second-order valence-electron chi connectivity index (χ2n) is 3.54. The van der Waals surface area contributed by atoms with Gasteiger partial charge in [0.15, 0.2) is 0 Å². The van der Waals surface area contributed by atoms with E-state index in [-0.39, 0.29) is 12.4 Å². The summed E-state index contributed by atoms with van der Waals surface area (Å²) in [4.78, 5) is 2.21. The number of benzene rings is 1. The summed E-state index contributed by atoms with van der Waals surface area (Å²) in [5.41, 5.74) is 2.76. The Labute approximate surface area is 87.2 Å². The molecule has 13 heavy (non-hydrogen) atoms. The summed E-state index contributed by atoms with van der Waals surface area (Å²) in [6.07, 6.45) is 1.15. The Morgan fingerprint density at radius 1 is 1.08 bits per heavy atom. The topological polar surface area (TPSA) is 3.24 Å². The van der Waals surface area contributed by atoms with E-state index >= 15 is 0 Å². The van der Waals surface area contributed by atoms with Gasteiger partial charge in [0, 0.05) is 6.54 Å². The normalized spacial score (nSPS) is 9.85. The van der Waals surface area contributed by atoms with Gasteiger partial charge in [-0.1, -0.05) is 29.8 Å². The molecule has 0 spiro atoms. The lowest BCUT2D eigenvalue weighted by Gasteiger charge is -2.08. The molecule has 0 heterocycles. The van der Waals surface area contributed by atoms with Crippen LogP contribution in [0.4, 0.5) is 0 Å². The fraction of sp³-hybridized carbons (Fsp3) is 0.455. The van der Waals surface area contributed by atoms with Crippen LogP contribution in [0.25, 0.3) is 0 Å². The van der Waals surface area contributed by atoms with Crippen LogP contribution in [0.2, 0.25) is 0 Å². The highest BCUT2D eigenvalue weighted by atomic mass is 35.5. The van der Waals surface area contributed by atoms with E-state index < -0.39 is 0 Å². The zero-order chi connectivity index (χ0) is 8.97. The number of aryl methyl sites for hydroxylation is 1. The quantitative estimate of drug-likeness (QED) is 0.723. The molecule has 0 fully saturated rings. The average molecular weight is 200 g/mol. The van der Waals surface area contributed by atoms with Crippen molar-refractivity contribution >= 4 is 12.4 Å². The zero-order valence-corrected chi connectivity index (χ0v) is 9.40. The summed E-state index contributed by atoms with van der Waals surface area (Å²) in [5.74, 6) is 0. The molecular formula is C11H18ClN. The van der Waals surface area contributed by atoms with Crippen LogP contribution in [0.5, 0.6) is 0 Å². The molecule has 0 aliphatic rings. The smallest absolute Gasteiger partial charge is 0.00157 e. The summed E-state index contributed by atoms with van der Waals surface area (Å²) in [7, 11) is 4.21. The third-order valence-corrected chi connectivity index (χ3v) is 1.97. The molecule has 1 rings (SSSR count). The molecule has 0 N–H and O–H groups in total. The molecule has 0 bridgehead atoms. The van der Waals surface area contributed by atoms with Gasteiger partial charge in [0.1, 0.15) is 0 Å². The molecule has 0 atom stereocenters. The Morgan fingerprint density at radius 3 is 2.08 bits per heavy atom. The molecule has 0 aliphatic heterocycles. The number of nitrogens with zero attached hydrogens (tertiary/aromatic N) is 1. The fourth-order valence-corrected chi connectivity index (χ4v) is 1.11. The zero-order valence-electron chi connectivity index (χ0n) is 8.58. The van der Waals surface area contributed by atoms with Gasteiger partial charge in [0.25, 0.3) is 0 Å². The lowest BCUT2D eigenvalue weighted by molar-refractivity contribution is 0.413. The summed E-state index contributed by atoms with van der Waals surface area (Å²) >= 11 is 0. The number of halogens is 1. The Morgan fingerprint density at radius 2 is 1.62 bits per heavy atom. The summed E-state index contributed by atoms with van der Waals surface area (Å²) in [6.45, 7) is 3.25. The van der Waals surface area contributed by atoms with Crippen molar-refractivity contribution in [2.24, 2.45) is 0 Å². The molecule has 0 saturated heterocycles. The molecule has 0 aromatic heterocycles. The first kappa shape index (κ1) is 12.5. The van der Waals surface area contributed by atoms with Crippen molar-refractivity contribution in [3.8, 4) is 0 Å². The molecule has 1 nitrogen and oxygen atoms in total. The molecule has 2 heteroatoms. The molecule has 0 aliphatic carbocycles. The number of hydrogen-bond acceptors (Lipinski definition) is 1. The first-order chi connectivity index (χ1) is 5.68. The Balaban J connectivity index is 0.00000144. The van der Waals surface area contributed by atoms with E-state index in [2.05, 4.69) is 50.2 Å². The van der Waals surface area contributed by atoms with Crippen LogP contribution in [0.1, 0.15) is 11.1 Å². The van der Waals surface area contributed by atoms with Gasteiger partial charge in [0.05, 0.1) is 0 Å². The lowest BCUT2D eigenvalue weighted by Crippen LogP contribution is -2.14. The van der Waals surface area contributed by atoms with Crippen LogP contribution in [0.3, 0.4) is 0 Å². The van der Waals surface area contributed by atoms with Crippen molar-refractivity contribution in [2.75, 3.05) is 20.6 Å². The predicted molar refractivity (Wildman–Crippen MR) is 60.7 cm³/mol. The van der Waals surface area contributed by atoms with Crippen LogP contribution in [0, 0.1) is 6.92 Å². The molecule has 0 saturated carbocycles. The molecular weight excluding hydrogens is 182 g/mol. The van der Waals surface area contributed by atoms with E-state index in [0.717, 1.165) is 13.0 Å². The van der Waals surface area contributed by atoms with Crippen molar-refractivity contribution < 1.29 is 0 Å². The standard InChI is InChI=1S/C11H17N.ClH/c1-10-4-6-11(7-5-10)8-9-12(2)3;/h4-7H,8-9H2,1-3H3;1H. The van der Waals surface area contributed by atoms with Gasteiger partial charge in [-0.3, -0.25) is 0 Å². The van der Waals surface area contributed by atoms with Crippen molar-refractivity contribution in [1.82, 2.24) is 4.90 Å². The van der Waals surface area contributed by atoms with Gasteiger partial charge < -0.3 is 4.90 Å². The van der Waals surface area contributed by atoms with Crippen LogP contribution in [0.15, 0.2) is 24.3 Å². The molecule has 74 valence electrons. The third-order valence-electron chi connectivity index (χ3n) is 1.97. The Kier molecular flexibility index (Phi) is 5.76. The van der Waals surface area contributed by atoms with Gasteiger partial charge >= 0.3 is 0 Å². The predicted octanol–water partition coefficient (Wildman–Crippen LogP) is 2.52. The maximum absolute atomic E-state index is 2.21. The fourth-order valence-electron chi connectivity index (χ4n) is 1.11. The van der Waals surface area contributed by atoms with Crippen molar-refractivity contribution in [3.05, 3.63) is 35.4 Å². The van der Waals surface area contributed by atoms with Gasteiger partial charge in [-0.05, 0) is 33.0 Å². The first-order valence-electron chi connectivity index (χ1n) is 4.39. The van der Waals surface area contributed by atoms with Crippen LogP contribution >= 0.6 is 12.4 Å². The van der Waals surface area contributed by atoms with Crippen molar-refractivity contribution in [3.63, 3.8) is 0 Å². The van der Waals surface area contributed by atoms with Crippen LogP contribution < -0.4 is 0 Å². The lowest BCUT2D eigenvalue weighted by atomic mass is 10.1. The minimum absolute atomic E-state index is 0. The van der Waals surface area contributed by atoms with E-state index in [1.165, 1.54) is 11.1 Å². The largest absolute Gasteiger partial charge is 0.309 e. The van der Waals surface area contributed by atoms with Gasteiger partial charge in [0.2, 0.25) is 0 Å². The second kappa shape index (κ2) is 6.01. The van der Waals surface area contributed by atoms with Crippen molar-refractivity contribution in [2.45, 2.75) is 13.3 Å². The minimum Gasteiger partial charge on any atom is -0.309 e. The highest BCUT2D eigenvalue weighted by Crippen LogP contribution is 2.03. The van der Waals surface area contributed by atoms with Crippen LogP contribution in [-0.2, 0) is 6.42 Å². The van der Waals surface area contributed by atoms with Crippen LogP contribution in [-0.4, -0.2) is 25.5 Å². The molecule has 0 radical (unpaired) electrons. The van der Waals surface area contributed by atoms with E-state index in [1.54, 1.807) is 0 Å². The Bertz CT molecular complexity index is 228. The highest BCUT2D eigenvalue weighted by Gasteiger charge is 1.93. The van der Waals surface area contributed by atoms with Crippen molar-refractivity contribution in [1.29, 1.82) is 0 Å². The molecule has 0 amide bonds. The highest BCUT2D eigenvalue weighted by molar-refractivity contribution is 5.85. The number of hydrogen-bond donors (Lipinski definition) is 0. The average Bonchev–Trinajstić information content (AvgIpc) is 2.03. The maximum atomic E-state index is 2.21. The minimum atomic E-state index is 0. The Hall–Kier alpha value is -0.530. The third kappa shape index (κ3) is 4.91. The van der Waals surface area contributed by atoms with Gasteiger partial charge in [-0.2, -0.15) is 0 Å². The van der Waals surface area contributed by atoms with E-state index in [4.69, 9.17) is 0 Å². The van der Waals surface area contributed by atoms with Gasteiger partial charge in [-0.25, -0.2) is 0 Å². The molecule has 1 aromatic rings. The second-order valence-corrected chi connectivity index (χ2v) is 3.54. The van der Waals surface area contributed by atoms with E-state index in [0.29, 0.717) is 0 Å². The van der Waals surface area contributed by atoms with E-state index in [9.17, 15) is 0 Å². The first-order valence-corrected chi connectivity index (χ1v) is 4.39. The molecule has 0 unspecified atom stereocenters. The summed E-state index contributed by atoms with van der Waals surface area (Å²) in [5, 5.41) is 0. The monoisotopic (exact) mass is 199 g/mol. The SMILES string of the molecule is Cc1ccc(CCN(C)C)cc1.Cl. The van der Waals surface area contributed by atoms with E-state index in [1.807, 2.05) is 0 Å². The number of rotatable bonds is 3. The van der Waals surface area contributed by atoms with Gasteiger partial charge in [-0.15, -0.1) is 12.4 Å². The summed E-state index contributed by atoms with van der Waals surface area (Å²) in [6, 6.07) is 8.76. The number of likely N-dealkylation sites (N-methyl/N-ethyl adjacent to an activating group) is 1. The summed E-state index contributed by atoms with van der Waals surface area (Å²) < 4.78 is 0. The molecule has 1 aromatic carbocycles.